The first-order valence-corrected chi connectivity index (χ1v) is 6.15. The predicted octanol–water partition coefficient (Wildman–Crippen LogP) is 3.05. The first kappa shape index (κ1) is 15.6. The van der Waals surface area contributed by atoms with E-state index in [1.807, 2.05) is 0 Å². The van der Waals surface area contributed by atoms with Gasteiger partial charge in [0.1, 0.15) is 5.82 Å². The molecule has 0 unspecified atom stereocenters. The summed E-state index contributed by atoms with van der Waals surface area (Å²) in [7, 11) is 0. The Morgan fingerprint density at radius 1 is 1.27 bits per heavy atom. The van der Waals surface area contributed by atoms with Crippen LogP contribution in [0.3, 0.4) is 0 Å². The Hall–Kier alpha value is -2.74. The Kier molecular flexibility index (Phi) is 4.52. The van der Waals surface area contributed by atoms with E-state index in [2.05, 4.69) is 10.5 Å². The van der Waals surface area contributed by atoms with Crippen molar-refractivity contribution in [2.45, 2.75) is 0 Å². The Labute approximate surface area is 127 Å². The summed E-state index contributed by atoms with van der Waals surface area (Å²) in [6.45, 7) is 0. The van der Waals surface area contributed by atoms with Gasteiger partial charge in [-0.3, -0.25) is 15.5 Å². The minimum absolute atomic E-state index is 0.0132. The van der Waals surface area contributed by atoms with Crippen molar-refractivity contribution in [2.75, 3.05) is 5.43 Å². The first-order valence-electron chi connectivity index (χ1n) is 5.77. The molecule has 0 saturated heterocycles. The normalized spacial score (nSPS) is 10.9. The molecule has 0 radical (unpaired) electrons. The SMILES string of the molecule is O=[N+]([O-])c1cc(Cl)cc(/C=N\Nc2ccc(F)cc2F)c1[O-]. The number of anilines is 1. The third kappa shape index (κ3) is 3.47. The van der Waals surface area contributed by atoms with Crippen LogP contribution >= 0.6 is 11.6 Å². The quantitative estimate of drug-likeness (QED) is 0.531. The molecule has 1 N–H and O–H groups in total. The molecule has 0 atom stereocenters. The van der Waals surface area contributed by atoms with Gasteiger partial charge in [0, 0.05) is 17.2 Å². The Bertz CT molecular complexity index is 768. The maximum absolute atomic E-state index is 13.3. The van der Waals surface area contributed by atoms with E-state index in [4.69, 9.17) is 11.6 Å². The molecule has 0 saturated carbocycles. The summed E-state index contributed by atoms with van der Waals surface area (Å²) in [6.07, 6.45) is 0.962. The van der Waals surface area contributed by atoms with E-state index in [0.717, 1.165) is 24.4 Å². The lowest BCUT2D eigenvalue weighted by atomic mass is 10.2. The van der Waals surface area contributed by atoms with Gasteiger partial charge in [0.25, 0.3) is 5.69 Å². The van der Waals surface area contributed by atoms with Gasteiger partial charge < -0.3 is 5.11 Å². The molecule has 6 nitrogen and oxygen atoms in total. The van der Waals surface area contributed by atoms with Gasteiger partial charge >= 0.3 is 0 Å². The number of nitro groups is 1. The summed E-state index contributed by atoms with van der Waals surface area (Å²) >= 11 is 5.68. The van der Waals surface area contributed by atoms with Crippen LogP contribution in [0.1, 0.15) is 5.56 Å². The number of nitrogens with zero attached hydrogens (tertiary/aromatic N) is 2. The molecule has 114 valence electrons. The van der Waals surface area contributed by atoms with E-state index in [0.29, 0.717) is 6.07 Å². The lowest BCUT2D eigenvalue weighted by molar-refractivity contribution is -0.398. The highest BCUT2D eigenvalue weighted by molar-refractivity contribution is 6.31. The molecule has 0 aromatic heterocycles. The summed E-state index contributed by atoms with van der Waals surface area (Å²) in [6, 6.07) is 4.89. The standard InChI is InChI=1S/C13H8ClF2N3O3/c14-8-3-7(13(20)12(4-8)19(21)22)6-17-18-11-2-1-9(15)5-10(11)16/h1-6,18,20H/p-1/b17-6-. The van der Waals surface area contributed by atoms with E-state index in [9.17, 15) is 24.0 Å². The lowest BCUT2D eigenvalue weighted by Gasteiger charge is -2.10. The van der Waals surface area contributed by atoms with Crippen molar-refractivity contribution in [1.29, 1.82) is 0 Å². The summed E-state index contributed by atoms with van der Waals surface area (Å²) in [5.74, 6) is -2.50. The van der Waals surface area contributed by atoms with Gasteiger partial charge in [-0.1, -0.05) is 11.6 Å². The van der Waals surface area contributed by atoms with E-state index >= 15 is 0 Å². The summed E-state index contributed by atoms with van der Waals surface area (Å²) in [5.41, 5.74) is 1.30. The van der Waals surface area contributed by atoms with Gasteiger partial charge in [0.15, 0.2) is 5.82 Å². The average Bonchev–Trinajstić information content (AvgIpc) is 2.44. The fraction of sp³-hybridized carbons (Fsp3) is 0. The highest BCUT2D eigenvalue weighted by Crippen LogP contribution is 2.30. The molecule has 0 fully saturated rings. The Balaban J connectivity index is 2.25. The topological polar surface area (TPSA) is 90.6 Å². The monoisotopic (exact) mass is 326 g/mol. The molecule has 0 bridgehead atoms. The maximum Gasteiger partial charge on any atom is 0.263 e. The Morgan fingerprint density at radius 2 is 2.00 bits per heavy atom. The van der Waals surface area contributed by atoms with E-state index < -0.39 is 28.0 Å². The highest BCUT2D eigenvalue weighted by Gasteiger charge is 2.11. The van der Waals surface area contributed by atoms with Crippen molar-refractivity contribution in [2.24, 2.45) is 5.10 Å². The molecule has 0 aliphatic carbocycles. The van der Waals surface area contributed by atoms with Gasteiger partial charge in [-0.2, -0.15) is 5.10 Å². The van der Waals surface area contributed by atoms with Crippen molar-refractivity contribution in [3.8, 4) is 5.75 Å². The van der Waals surface area contributed by atoms with Gasteiger partial charge in [-0.05, 0) is 29.5 Å². The van der Waals surface area contributed by atoms with Crippen LogP contribution in [0.15, 0.2) is 35.4 Å². The molecule has 2 aromatic carbocycles. The van der Waals surface area contributed by atoms with Gasteiger partial charge in [-0.15, -0.1) is 0 Å². The highest BCUT2D eigenvalue weighted by atomic mass is 35.5. The molecule has 0 aliphatic rings. The second kappa shape index (κ2) is 6.35. The second-order valence-corrected chi connectivity index (χ2v) is 4.53. The smallest absolute Gasteiger partial charge is 0.263 e. The van der Waals surface area contributed by atoms with E-state index in [1.54, 1.807) is 0 Å². The molecule has 2 rings (SSSR count). The van der Waals surface area contributed by atoms with Crippen LogP contribution in [0.5, 0.6) is 5.75 Å². The van der Waals surface area contributed by atoms with Crippen LogP contribution in [-0.4, -0.2) is 11.1 Å². The number of benzene rings is 2. The number of hydrogen-bond acceptors (Lipinski definition) is 5. The number of nitro benzene ring substituents is 1. The maximum atomic E-state index is 13.3. The van der Waals surface area contributed by atoms with Crippen LogP contribution in [-0.2, 0) is 0 Å². The van der Waals surface area contributed by atoms with E-state index in [1.165, 1.54) is 6.07 Å². The molecular formula is C13H7ClF2N3O3-. The third-order valence-electron chi connectivity index (χ3n) is 2.58. The first-order chi connectivity index (χ1) is 10.4. The van der Waals surface area contributed by atoms with E-state index in [-0.39, 0.29) is 16.3 Å². The molecule has 9 heteroatoms. The molecule has 0 spiro atoms. The lowest BCUT2D eigenvalue weighted by Crippen LogP contribution is -2.03. The van der Waals surface area contributed by atoms with Crippen LogP contribution in [0.2, 0.25) is 5.02 Å². The van der Waals surface area contributed by atoms with Gasteiger partial charge in [0.05, 0.1) is 16.8 Å². The van der Waals surface area contributed by atoms with Crippen LogP contribution in [0.4, 0.5) is 20.2 Å². The zero-order chi connectivity index (χ0) is 16.3. The van der Waals surface area contributed by atoms with Gasteiger partial charge in [0.2, 0.25) is 0 Å². The van der Waals surface area contributed by atoms with Crippen molar-refractivity contribution < 1.29 is 18.8 Å². The summed E-state index contributed by atoms with van der Waals surface area (Å²) in [4.78, 5) is 9.84. The number of nitrogens with one attached hydrogen (secondary N) is 1. The molecule has 0 aliphatic heterocycles. The fourth-order valence-electron chi connectivity index (χ4n) is 1.58. The molecule has 22 heavy (non-hydrogen) atoms. The average molecular weight is 327 g/mol. The zero-order valence-corrected chi connectivity index (χ0v) is 11.5. The van der Waals surface area contributed by atoms with Crippen molar-refractivity contribution in [3.63, 3.8) is 0 Å². The second-order valence-electron chi connectivity index (χ2n) is 4.09. The summed E-state index contributed by atoms with van der Waals surface area (Å²) < 4.78 is 26.1. The van der Waals surface area contributed by atoms with Crippen molar-refractivity contribution in [1.82, 2.24) is 0 Å². The van der Waals surface area contributed by atoms with Crippen LogP contribution in [0.25, 0.3) is 0 Å². The molecule has 0 heterocycles. The van der Waals surface area contributed by atoms with Gasteiger partial charge in [-0.25, -0.2) is 8.78 Å². The predicted molar refractivity (Wildman–Crippen MR) is 75.1 cm³/mol. The number of hydrazone groups is 1. The Morgan fingerprint density at radius 3 is 2.64 bits per heavy atom. The minimum atomic E-state index is -0.878. The minimum Gasteiger partial charge on any atom is -0.867 e. The van der Waals surface area contributed by atoms with Crippen LogP contribution in [0, 0.1) is 21.7 Å². The number of halogens is 3. The fourth-order valence-corrected chi connectivity index (χ4v) is 1.80. The van der Waals surface area contributed by atoms with Crippen LogP contribution < -0.4 is 10.5 Å². The number of rotatable bonds is 4. The van der Waals surface area contributed by atoms with Crippen molar-refractivity contribution >= 4 is 29.2 Å². The zero-order valence-electron chi connectivity index (χ0n) is 10.7. The largest absolute Gasteiger partial charge is 0.867 e. The third-order valence-corrected chi connectivity index (χ3v) is 2.80. The number of hydrogen-bond donors (Lipinski definition) is 1. The van der Waals surface area contributed by atoms with Crippen molar-refractivity contribution in [3.05, 3.63) is 62.7 Å². The summed E-state index contributed by atoms with van der Waals surface area (Å²) in [5, 5.41) is 26.0. The molecule has 0 amide bonds. The molecular weight excluding hydrogens is 320 g/mol. The molecule has 2 aromatic rings.